The highest BCUT2D eigenvalue weighted by atomic mass is 32.1. The summed E-state index contributed by atoms with van der Waals surface area (Å²) in [6, 6.07) is 0. The van der Waals surface area contributed by atoms with Crippen molar-refractivity contribution in [2.24, 2.45) is 12.8 Å². The van der Waals surface area contributed by atoms with Gasteiger partial charge in [0.25, 0.3) is 5.56 Å². The maximum atomic E-state index is 11.8. The van der Waals surface area contributed by atoms with Gasteiger partial charge in [-0.3, -0.25) is 4.79 Å². The first-order chi connectivity index (χ1) is 7.56. The van der Waals surface area contributed by atoms with Gasteiger partial charge in [-0.15, -0.1) is 0 Å². The third-order valence-corrected chi connectivity index (χ3v) is 2.51. The average molecular weight is 240 g/mol. The smallest absolute Gasteiger partial charge is 0.293 e. The van der Waals surface area contributed by atoms with E-state index in [1.807, 2.05) is 11.8 Å². The van der Waals surface area contributed by atoms with E-state index in [4.69, 9.17) is 18.0 Å². The molecule has 1 aromatic heterocycles. The van der Waals surface area contributed by atoms with Crippen LogP contribution < -0.4 is 16.2 Å². The molecule has 0 spiro atoms. The quantitative estimate of drug-likeness (QED) is 0.749. The topological polar surface area (TPSA) is 64.2 Å². The fraction of sp³-hybridized carbons (Fsp3) is 0.500. The van der Waals surface area contributed by atoms with Crippen molar-refractivity contribution in [3.63, 3.8) is 0 Å². The predicted molar refractivity (Wildman–Crippen MR) is 68.8 cm³/mol. The van der Waals surface area contributed by atoms with Crippen LogP contribution in [0.25, 0.3) is 0 Å². The van der Waals surface area contributed by atoms with Gasteiger partial charge in [0.15, 0.2) is 5.82 Å². The van der Waals surface area contributed by atoms with Crippen LogP contribution in [0.15, 0.2) is 17.2 Å². The lowest BCUT2D eigenvalue weighted by Crippen LogP contribution is -2.34. The van der Waals surface area contributed by atoms with Crippen molar-refractivity contribution in [3.8, 4) is 0 Å². The molecule has 0 aliphatic carbocycles. The van der Waals surface area contributed by atoms with Gasteiger partial charge in [0, 0.05) is 39.0 Å². The Bertz CT molecular complexity index is 429. The monoisotopic (exact) mass is 240 g/mol. The fourth-order valence-corrected chi connectivity index (χ4v) is 1.45. The number of nitrogens with zero attached hydrogens (tertiary/aromatic N) is 3. The van der Waals surface area contributed by atoms with Crippen molar-refractivity contribution in [2.75, 3.05) is 18.0 Å². The van der Waals surface area contributed by atoms with E-state index in [1.54, 1.807) is 19.4 Å². The molecule has 0 fully saturated rings. The van der Waals surface area contributed by atoms with Crippen LogP contribution in [0.3, 0.4) is 0 Å². The first-order valence-electron chi connectivity index (χ1n) is 5.11. The minimum Gasteiger partial charge on any atom is -0.393 e. The Balaban J connectivity index is 2.91. The molecule has 0 radical (unpaired) electrons. The van der Waals surface area contributed by atoms with Gasteiger partial charge in [-0.25, -0.2) is 4.98 Å². The number of aromatic nitrogens is 2. The first kappa shape index (κ1) is 12.6. The molecule has 0 saturated heterocycles. The highest BCUT2D eigenvalue weighted by molar-refractivity contribution is 7.80. The molecule has 0 aromatic carbocycles. The molecule has 1 heterocycles. The first-order valence-corrected chi connectivity index (χ1v) is 5.52. The van der Waals surface area contributed by atoms with Crippen LogP contribution in [0, 0.1) is 0 Å². The minimum absolute atomic E-state index is 0.104. The SMILES string of the molecule is CCN(CCC(N)=S)c1nccn(C)c1=O. The second kappa shape index (κ2) is 5.60. The Morgan fingerprint density at radius 3 is 2.94 bits per heavy atom. The number of anilines is 1. The second-order valence-corrected chi connectivity index (χ2v) is 3.99. The lowest BCUT2D eigenvalue weighted by molar-refractivity contribution is 0.771. The zero-order valence-corrected chi connectivity index (χ0v) is 10.3. The Morgan fingerprint density at radius 2 is 2.38 bits per heavy atom. The molecular weight excluding hydrogens is 224 g/mol. The molecule has 6 heteroatoms. The number of aryl methyl sites for hydroxylation is 1. The van der Waals surface area contributed by atoms with Gasteiger partial charge in [-0.1, -0.05) is 12.2 Å². The molecular formula is C10H16N4OS. The highest BCUT2D eigenvalue weighted by Gasteiger charge is 2.10. The number of nitrogens with two attached hydrogens (primary N) is 1. The zero-order valence-electron chi connectivity index (χ0n) is 9.51. The maximum absolute atomic E-state index is 11.8. The fourth-order valence-electron chi connectivity index (χ4n) is 1.36. The van der Waals surface area contributed by atoms with Gasteiger partial charge in [-0.05, 0) is 6.92 Å². The van der Waals surface area contributed by atoms with Gasteiger partial charge in [0.1, 0.15) is 0 Å². The number of rotatable bonds is 5. The van der Waals surface area contributed by atoms with Crippen molar-refractivity contribution in [3.05, 3.63) is 22.7 Å². The molecule has 0 atom stereocenters. The predicted octanol–water partition coefficient (Wildman–Crippen LogP) is 0.283. The summed E-state index contributed by atoms with van der Waals surface area (Å²) in [4.78, 5) is 18.2. The van der Waals surface area contributed by atoms with Crippen LogP contribution in [0.5, 0.6) is 0 Å². The Kier molecular flexibility index (Phi) is 4.42. The van der Waals surface area contributed by atoms with Gasteiger partial charge in [0.05, 0.1) is 4.99 Å². The Labute approximate surface area is 99.9 Å². The molecule has 0 bridgehead atoms. The van der Waals surface area contributed by atoms with Crippen LogP contribution in [0.4, 0.5) is 5.82 Å². The number of hydrogen-bond acceptors (Lipinski definition) is 4. The number of thiocarbonyl (C=S) groups is 1. The molecule has 0 amide bonds. The van der Waals surface area contributed by atoms with Crippen LogP contribution in [-0.4, -0.2) is 27.6 Å². The molecule has 0 aliphatic rings. The van der Waals surface area contributed by atoms with Crippen LogP contribution in [0.2, 0.25) is 0 Å². The lowest BCUT2D eigenvalue weighted by atomic mass is 10.3. The lowest BCUT2D eigenvalue weighted by Gasteiger charge is -2.20. The summed E-state index contributed by atoms with van der Waals surface area (Å²) in [6.07, 6.45) is 3.83. The molecule has 0 aliphatic heterocycles. The van der Waals surface area contributed by atoms with Crippen LogP contribution in [-0.2, 0) is 7.05 Å². The van der Waals surface area contributed by atoms with Crippen LogP contribution >= 0.6 is 12.2 Å². The van der Waals surface area contributed by atoms with Crippen molar-refractivity contribution in [2.45, 2.75) is 13.3 Å². The maximum Gasteiger partial charge on any atom is 0.293 e. The molecule has 1 aromatic rings. The molecule has 16 heavy (non-hydrogen) atoms. The average Bonchev–Trinajstić information content (AvgIpc) is 2.24. The normalized spacial score (nSPS) is 10.1. The molecule has 2 N–H and O–H groups in total. The van der Waals surface area contributed by atoms with Gasteiger partial charge in [0.2, 0.25) is 0 Å². The highest BCUT2D eigenvalue weighted by Crippen LogP contribution is 2.03. The van der Waals surface area contributed by atoms with E-state index in [2.05, 4.69) is 4.98 Å². The van der Waals surface area contributed by atoms with E-state index in [0.29, 0.717) is 30.3 Å². The summed E-state index contributed by atoms with van der Waals surface area (Å²) >= 11 is 4.82. The van der Waals surface area contributed by atoms with E-state index in [-0.39, 0.29) is 5.56 Å². The van der Waals surface area contributed by atoms with E-state index < -0.39 is 0 Å². The molecule has 5 nitrogen and oxygen atoms in total. The van der Waals surface area contributed by atoms with Gasteiger partial charge >= 0.3 is 0 Å². The van der Waals surface area contributed by atoms with Gasteiger partial charge in [-0.2, -0.15) is 0 Å². The molecule has 88 valence electrons. The van der Waals surface area contributed by atoms with E-state index >= 15 is 0 Å². The summed E-state index contributed by atoms with van der Waals surface area (Å²) in [6.45, 7) is 3.29. The molecule has 0 unspecified atom stereocenters. The van der Waals surface area contributed by atoms with E-state index in [9.17, 15) is 4.79 Å². The third-order valence-electron chi connectivity index (χ3n) is 2.31. The Hall–Kier alpha value is -1.43. The van der Waals surface area contributed by atoms with Crippen molar-refractivity contribution in [1.82, 2.24) is 9.55 Å². The van der Waals surface area contributed by atoms with Crippen LogP contribution in [0.1, 0.15) is 13.3 Å². The second-order valence-electron chi connectivity index (χ2n) is 3.46. The zero-order chi connectivity index (χ0) is 12.1. The molecule has 0 saturated carbocycles. The summed E-state index contributed by atoms with van der Waals surface area (Å²) < 4.78 is 1.51. The van der Waals surface area contributed by atoms with Crippen molar-refractivity contribution >= 4 is 23.0 Å². The van der Waals surface area contributed by atoms with Crippen molar-refractivity contribution in [1.29, 1.82) is 0 Å². The van der Waals surface area contributed by atoms with Crippen molar-refractivity contribution < 1.29 is 0 Å². The number of hydrogen-bond donors (Lipinski definition) is 1. The standard InChI is InChI=1S/C10H16N4OS/c1-3-14(6-4-8(11)16)9-10(15)13(2)7-5-12-9/h5,7H,3-4,6H2,1-2H3,(H2,11,16). The van der Waals surface area contributed by atoms with Gasteiger partial charge < -0.3 is 15.2 Å². The summed E-state index contributed by atoms with van der Waals surface area (Å²) in [5, 5.41) is 0. The Morgan fingerprint density at radius 1 is 1.69 bits per heavy atom. The van der Waals surface area contributed by atoms with E-state index in [1.165, 1.54) is 4.57 Å². The summed E-state index contributed by atoms with van der Waals surface area (Å²) in [7, 11) is 1.70. The largest absolute Gasteiger partial charge is 0.393 e. The molecule has 1 rings (SSSR count). The summed E-state index contributed by atoms with van der Waals surface area (Å²) in [5.74, 6) is 0.448. The summed E-state index contributed by atoms with van der Waals surface area (Å²) in [5.41, 5.74) is 5.34. The third kappa shape index (κ3) is 3.03. The minimum atomic E-state index is -0.104. The van der Waals surface area contributed by atoms with E-state index in [0.717, 1.165) is 0 Å².